The van der Waals surface area contributed by atoms with E-state index in [2.05, 4.69) is 41.6 Å². The second-order valence-corrected chi connectivity index (χ2v) is 7.31. The Labute approximate surface area is 170 Å². The van der Waals surface area contributed by atoms with Crippen LogP contribution in [0.15, 0.2) is 23.2 Å². The highest BCUT2D eigenvalue weighted by Crippen LogP contribution is 2.28. The van der Waals surface area contributed by atoms with Crippen LogP contribution in [-0.2, 0) is 6.42 Å². The average Bonchev–Trinajstić information content (AvgIpc) is 2.68. The third kappa shape index (κ3) is 7.58. The van der Waals surface area contributed by atoms with Crippen molar-refractivity contribution in [2.75, 3.05) is 53.0 Å². The number of piperidine rings is 1. The number of guanidine groups is 1. The van der Waals surface area contributed by atoms with Crippen molar-refractivity contribution in [3.63, 3.8) is 0 Å². The number of aliphatic imine (C=N–C) groups is 1. The lowest BCUT2D eigenvalue weighted by Gasteiger charge is -2.28. The highest BCUT2D eigenvalue weighted by molar-refractivity contribution is 5.79. The minimum atomic E-state index is 0.634. The van der Waals surface area contributed by atoms with Crippen molar-refractivity contribution < 1.29 is 9.47 Å². The van der Waals surface area contributed by atoms with E-state index in [0.29, 0.717) is 19.1 Å². The Morgan fingerprint density at radius 1 is 1.14 bits per heavy atom. The van der Waals surface area contributed by atoms with Gasteiger partial charge in [0, 0.05) is 26.2 Å². The van der Waals surface area contributed by atoms with Crippen LogP contribution in [0.5, 0.6) is 11.5 Å². The lowest BCUT2D eigenvalue weighted by molar-refractivity contribution is 0.214. The SMILES string of the molecule is CCNC(=NCC1CCCN(C)C1)NCCc1ccc(OCC)c(OCC)c1. The molecule has 1 unspecified atom stereocenters. The summed E-state index contributed by atoms with van der Waals surface area (Å²) in [5.41, 5.74) is 1.23. The number of hydrogen-bond acceptors (Lipinski definition) is 4. The van der Waals surface area contributed by atoms with Gasteiger partial charge < -0.3 is 25.0 Å². The Morgan fingerprint density at radius 2 is 1.93 bits per heavy atom. The molecular weight excluding hydrogens is 352 g/mol. The Hall–Kier alpha value is -1.95. The predicted octanol–water partition coefficient (Wildman–Crippen LogP) is 2.92. The fourth-order valence-corrected chi connectivity index (χ4v) is 3.56. The molecule has 0 bridgehead atoms. The fourth-order valence-electron chi connectivity index (χ4n) is 3.56. The highest BCUT2D eigenvalue weighted by atomic mass is 16.5. The number of nitrogens with one attached hydrogen (secondary N) is 2. The molecule has 1 atom stereocenters. The number of ether oxygens (including phenoxy) is 2. The molecule has 2 rings (SSSR count). The average molecular weight is 391 g/mol. The highest BCUT2D eigenvalue weighted by Gasteiger charge is 2.16. The molecule has 1 aliphatic heterocycles. The van der Waals surface area contributed by atoms with E-state index in [4.69, 9.17) is 14.5 Å². The second kappa shape index (κ2) is 12.5. The summed E-state index contributed by atoms with van der Waals surface area (Å²) >= 11 is 0. The lowest BCUT2D eigenvalue weighted by Crippen LogP contribution is -2.39. The van der Waals surface area contributed by atoms with Crippen molar-refractivity contribution in [1.82, 2.24) is 15.5 Å². The van der Waals surface area contributed by atoms with Crippen molar-refractivity contribution in [3.05, 3.63) is 23.8 Å². The molecule has 0 spiro atoms. The van der Waals surface area contributed by atoms with E-state index >= 15 is 0 Å². The molecule has 1 aromatic rings. The van der Waals surface area contributed by atoms with Crippen LogP contribution in [0.1, 0.15) is 39.2 Å². The fraction of sp³-hybridized carbons (Fsp3) is 0.682. The Bertz CT molecular complexity index is 606. The molecule has 0 saturated carbocycles. The summed E-state index contributed by atoms with van der Waals surface area (Å²) < 4.78 is 11.4. The van der Waals surface area contributed by atoms with Gasteiger partial charge in [-0.25, -0.2) is 0 Å². The van der Waals surface area contributed by atoms with Gasteiger partial charge in [0.2, 0.25) is 0 Å². The summed E-state index contributed by atoms with van der Waals surface area (Å²) in [5, 5.41) is 6.82. The number of nitrogens with zero attached hydrogens (tertiary/aromatic N) is 2. The first kappa shape index (κ1) is 22.3. The molecule has 6 nitrogen and oxygen atoms in total. The van der Waals surface area contributed by atoms with Gasteiger partial charge in [0.05, 0.1) is 13.2 Å². The van der Waals surface area contributed by atoms with Crippen molar-refractivity contribution in [2.24, 2.45) is 10.9 Å². The van der Waals surface area contributed by atoms with Gasteiger partial charge in [0.15, 0.2) is 17.5 Å². The van der Waals surface area contributed by atoms with Crippen molar-refractivity contribution in [1.29, 1.82) is 0 Å². The zero-order valence-corrected chi connectivity index (χ0v) is 18.1. The Kier molecular flexibility index (Phi) is 9.97. The van der Waals surface area contributed by atoms with Crippen molar-refractivity contribution in [3.8, 4) is 11.5 Å². The minimum Gasteiger partial charge on any atom is -0.490 e. The third-order valence-electron chi connectivity index (χ3n) is 4.89. The van der Waals surface area contributed by atoms with Crippen molar-refractivity contribution >= 4 is 5.96 Å². The van der Waals surface area contributed by atoms with Crippen LogP contribution in [0.2, 0.25) is 0 Å². The quantitative estimate of drug-likeness (QED) is 0.475. The predicted molar refractivity (Wildman–Crippen MR) is 117 cm³/mol. The summed E-state index contributed by atoms with van der Waals surface area (Å²) in [4.78, 5) is 7.22. The van der Waals surface area contributed by atoms with Crippen LogP contribution >= 0.6 is 0 Å². The van der Waals surface area contributed by atoms with E-state index in [9.17, 15) is 0 Å². The smallest absolute Gasteiger partial charge is 0.191 e. The number of rotatable bonds is 10. The van der Waals surface area contributed by atoms with E-state index in [1.165, 1.54) is 24.9 Å². The standard InChI is InChI=1S/C22H38N4O2/c1-5-23-22(25-16-19-9-8-14-26(4)17-19)24-13-12-18-10-11-20(27-6-2)21(15-18)28-7-3/h10-11,15,19H,5-9,12-14,16-17H2,1-4H3,(H2,23,24,25). The largest absolute Gasteiger partial charge is 0.490 e. The first-order valence-corrected chi connectivity index (χ1v) is 10.7. The zero-order valence-electron chi connectivity index (χ0n) is 18.1. The molecule has 1 saturated heterocycles. The molecule has 158 valence electrons. The summed E-state index contributed by atoms with van der Waals surface area (Å²) in [5.74, 6) is 3.21. The molecule has 1 aromatic carbocycles. The van der Waals surface area contributed by atoms with Gasteiger partial charge in [-0.15, -0.1) is 0 Å². The monoisotopic (exact) mass is 390 g/mol. The van der Waals surface area contributed by atoms with Gasteiger partial charge in [0.1, 0.15) is 0 Å². The molecule has 2 N–H and O–H groups in total. The third-order valence-corrected chi connectivity index (χ3v) is 4.89. The maximum absolute atomic E-state index is 5.73. The number of hydrogen-bond donors (Lipinski definition) is 2. The molecule has 1 heterocycles. The summed E-state index contributed by atoms with van der Waals surface area (Å²) in [6, 6.07) is 6.19. The summed E-state index contributed by atoms with van der Waals surface area (Å²) in [6.07, 6.45) is 3.46. The topological polar surface area (TPSA) is 58.1 Å². The van der Waals surface area contributed by atoms with E-state index < -0.39 is 0 Å². The minimum absolute atomic E-state index is 0.634. The Morgan fingerprint density at radius 3 is 2.64 bits per heavy atom. The van der Waals surface area contributed by atoms with Gasteiger partial charge in [0.25, 0.3) is 0 Å². The summed E-state index contributed by atoms with van der Waals surface area (Å²) in [7, 11) is 2.20. The molecule has 0 amide bonds. The first-order chi connectivity index (χ1) is 13.7. The van der Waals surface area contributed by atoms with Crippen LogP contribution in [0.25, 0.3) is 0 Å². The van der Waals surface area contributed by atoms with Crippen molar-refractivity contribution in [2.45, 2.75) is 40.0 Å². The van der Waals surface area contributed by atoms with Crippen LogP contribution in [0, 0.1) is 5.92 Å². The van der Waals surface area contributed by atoms with E-state index in [1.54, 1.807) is 0 Å². The normalized spacial score (nSPS) is 18.0. The molecule has 0 aliphatic carbocycles. The van der Waals surface area contributed by atoms with Crippen LogP contribution in [0.3, 0.4) is 0 Å². The number of benzene rings is 1. The first-order valence-electron chi connectivity index (χ1n) is 10.7. The second-order valence-electron chi connectivity index (χ2n) is 7.31. The lowest BCUT2D eigenvalue weighted by atomic mass is 9.99. The van der Waals surface area contributed by atoms with Gasteiger partial charge in [-0.2, -0.15) is 0 Å². The maximum atomic E-state index is 5.73. The zero-order chi connectivity index (χ0) is 20.2. The molecular formula is C22H38N4O2. The molecule has 1 fully saturated rings. The molecule has 6 heteroatoms. The maximum Gasteiger partial charge on any atom is 0.191 e. The van der Waals surface area contributed by atoms with Crippen LogP contribution in [0.4, 0.5) is 0 Å². The molecule has 0 aromatic heterocycles. The van der Waals surface area contributed by atoms with Crippen LogP contribution < -0.4 is 20.1 Å². The number of likely N-dealkylation sites (tertiary alicyclic amines) is 1. The molecule has 1 aliphatic rings. The van der Waals surface area contributed by atoms with Crippen LogP contribution in [-0.4, -0.2) is 63.8 Å². The van der Waals surface area contributed by atoms with E-state index in [-0.39, 0.29) is 0 Å². The van der Waals surface area contributed by atoms with E-state index in [1.807, 2.05) is 19.9 Å². The van der Waals surface area contributed by atoms with Gasteiger partial charge >= 0.3 is 0 Å². The van der Waals surface area contributed by atoms with Gasteiger partial charge in [-0.05, 0) is 77.2 Å². The Balaban J connectivity index is 1.87. The van der Waals surface area contributed by atoms with Gasteiger partial charge in [-0.1, -0.05) is 6.07 Å². The molecule has 28 heavy (non-hydrogen) atoms. The van der Waals surface area contributed by atoms with Gasteiger partial charge in [-0.3, -0.25) is 4.99 Å². The van der Waals surface area contributed by atoms with E-state index in [0.717, 1.165) is 50.1 Å². The summed E-state index contributed by atoms with van der Waals surface area (Å²) in [6.45, 7) is 12.3. The molecule has 0 radical (unpaired) electrons.